The van der Waals surface area contributed by atoms with Crippen LogP contribution in [0.3, 0.4) is 0 Å². The molecule has 1 saturated carbocycles. The number of carbonyl (C=O) groups is 1. The van der Waals surface area contributed by atoms with Crippen LogP contribution in [-0.2, 0) is 0 Å². The zero-order chi connectivity index (χ0) is 12.3. The summed E-state index contributed by atoms with van der Waals surface area (Å²) in [5.74, 6) is 0.626. The Morgan fingerprint density at radius 1 is 1.53 bits per heavy atom. The lowest BCUT2D eigenvalue weighted by Crippen LogP contribution is -2.33. The Hall–Kier alpha value is -1.55. The number of hydrogen-bond acceptors (Lipinski definition) is 3. The van der Waals surface area contributed by atoms with Gasteiger partial charge in [0.2, 0.25) is 0 Å². The molecule has 0 atom stereocenters. The fraction of sp³-hybridized carbons (Fsp3) is 0.462. The Bertz CT molecular complexity index is 414. The summed E-state index contributed by atoms with van der Waals surface area (Å²) >= 11 is 0. The van der Waals surface area contributed by atoms with Crippen LogP contribution in [-0.4, -0.2) is 26.1 Å². The minimum absolute atomic E-state index is 0.0661. The van der Waals surface area contributed by atoms with Gasteiger partial charge in [-0.05, 0) is 37.6 Å². The number of rotatable bonds is 5. The summed E-state index contributed by atoms with van der Waals surface area (Å²) in [5, 5.41) is 2.93. The molecular weight excluding hydrogens is 216 g/mol. The van der Waals surface area contributed by atoms with Crippen LogP contribution in [0.5, 0.6) is 5.75 Å². The molecule has 0 heterocycles. The number of nitrogens with one attached hydrogen (secondary N) is 1. The number of benzene rings is 1. The van der Waals surface area contributed by atoms with Crippen molar-refractivity contribution in [2.24, 2.45) is 11.1 Å². The second-order valence-corrected chi connectivity index (χ2v) is 4.62. The van der Waals surface area contributed by atoms with Crippen molar-refractivity contribution in [3.8, 4) is 5.75 Å². The minimum Gasteiger partial charge on any atom is -0.497 e. The summed E-state index contributed by atoms with van der Waals surface area (Å²) in [6.07, 6.45) is 2.23. The Balaban J connectivity index is 1.95. The van der Waals surface area contributed by atoms with Gasteiger partial charge in [-0.25, -0.2) is 0 Å². The van der Waals surface area contributed by atoms with Crippen molar-refractivity contribution in [3.63, 3.8) is 0 Å². The zero-order valence-corrected chi connectivity index (χ0v) is 10.0. The molecule has 0 unspecified atom stereocenters. The summed E-state index contributed by atoms with van der Waals surface area (Å²) in [6, 6.07) is 7.14. The Morgan fingerprint density at radius 2 is 2.29 bits per heavy atom. The normalized spacial score (nSPS) is 16.4. The maximum atomic E-state index is 11.9. The molecule has 1 fully saturated rings. The molecule has 1 aliphatic rings. The van der Waals surface area contributed by atoms with E-state index in [1.807, 2.05) is 12.1 Å². The summed E-state index contributed by atoms with van der Waals surface area (Å²) in [7, 11) is 1.59. The molecule has 1 aliphatic carbocycles. The smallest absolute Gasteiger partial charge is 0.251 e. The van der Waals surface area contributed by atoms with E-state index >= 15 is 0 Å². The van der Waals surface area contributed by atoms with Gasteiger partial charge in [-0.15, -0.1) is 0 Å². The third-order valence-corrected chi connectivity index (χ3v) is 3.35. The van der Waals surface area contributed by atoms with E-state index in [1.165, 1.54) is 0 Å². The molecule has 2 rings (SSSR count). The fourth-order valence-corrected chi connectivity index (χ4v) is 1.76. The molecule has 0 aromatic heterocycles. The number of hydrogen-bond donors (Lipinski definition) is 2. The highest BCUT2D eigenvalue weighted by Gasteiger charge is 2.41. The molecule has 0 aliphatic heterocycles. The fourth-order valence-electron chi connectivity index (χ4n) is 1.76. The van der Waals surface area contributed by atoms with Gasteiger partial charge in [0, 0.05) is 17.5 Å². The monoisotopic (exact) mass is 234 g/mol. The Morgan fingerprint density at radius 3 is 2.88 bits per heavy atom. The van der Waals surface area contributed by atoms with Crippen molar-refractivity contribution < 1.29 is 9.53 Å². The molecule has 4 heteroatoms. The Labute approximate surface area is 101 Å². The van der Waals surface area contributed by atoms with Crippen LogP contribution in [0.15, 0.2) is 24.3 Å². The van der Waals surface area contributed by atoms with E-state index in [0.717, 1.165) is 12.8 Å². The molecule has 3 N–H and O–H groups in total. The van der Waals surface area contributed by atoms with Crippen LogP contribution in [0, 0.1) is 5.41 Å². The molecule has 1 aromatic carbocycles. The van der Waals surface area contributed by atoms with Crippen molar-refractivity contribution in [3.05, 3.63) is 29.8 Å². The van der Waals surface area contributed by atoms with Gasteiger partial charge in [-0.3, -0.25) is 4.79 Å². The van der Waals surface area contributed by atoms with E-state index in [-0.39, 0.29) is 11.3 Å². The van der Waals surface area contributed by atoms with E-state index < -0.39 is 0 Å². The number of nitrogens with two attached hydrogens (primary N) is 1. The molecule has 0 bridgehead atoms. The summed E-state index contributed by atoms with van der Waals surface area (Å²) in [4.78, 5) is 11.9. The maximum absolute atomic E-state index is 11.9. The number of ether oxygens (including phenoxy) is 1. The predicted molar refractivity (Wildman–Crippen MR) is 66.0 cm³/mol. The van der Waals surface area contributed by atoms with Gasteiger partial charge in [0.25, 0.3) is 5.91 Å². The van der Waals surface area contributed by atoms with E-state index in [0.29, 0.717) is 24.4 Å². The molecule has 0 saturated heterocycles. The van der Waals surface area contributed by atoms with Crippen LogP contribution in [0.2, 0.25) is 0 Å². The van der Waals surface area contributed by atoms with Crippen molar-refractivity contribution in [1.82, 2.24) is 5.32 Å². The van der Waals surface area contributed by atoms with Crippen LogP contribution in [0.1, 0.15) is 23.2 Å². The number of amides is 1. The number of carbonyl (C=O) groups excluding carboxylic acids is 1. The molecule has 0 radical (unpaired) electrons. The van der Waals surface area contributed by atoms with E-state index in [2.05, 4.69) is 5.32 Å². The average Bonchev–Trinajstić information content (AvgIpc) is 3.17. The highest BCUT2D eigenvalue weighted by Crippen LogP contribution is 2.43. The summed E-state index contributed by atoms with van der Waals surface area (Å²) in [6.45, 7) is 1.31. The summed E-state index contributed by atoms with van der Waals surface area (Å²) in [5.41, 5.74) is 6.45. The minimum atomic E-state index is -0.0661. The van der Waals surface area contributed by atoms with Gasteiger partial charge in [0.15, 0.2) is 0 Å². The molecule has 1 amide bonds. The first-order chi connectivity index (χ1) is 8.19. The van der Waals surface area contributed by atoms with Crippen LogP contribution >= 0.6 is 0 Å². The zero-order valence-electron chi connectivity index (χ0n) is 10.0. The number of methoxy groups -OCH3 is 1. The van der Waals surface area contributed by atoms with Gasteiger partial charge in [-0.2, -0.15) is 0 Å². The maximum Gasteiger partial charge on any atom is 0.251 e. The van der Waals surface area contributed by atoms with Crippen LogP contribution < -0.4 is 15.8 Å². The highest BCUT2D eigenvalue weighted by atomic mass is 16.5. The first kappa shape index (κ1) is 11.9. The van der Waals surface area contributed by atoms with Gasteiger partial charge >= 0.3 is 0 Å². The standard InChI is InChI=1S/C13H18N2O2/c1-17-11-4-2-3-10(7-11)12(16)15-9-13(8-14)5-6-13/h2-4,7H,5-6,8-9,14H2,1H3,(H,15,16). The van der Waals surface area contributed by atoms with Gasteiger partial charge < -0.3 is 15.8 Å². The average molecular weight is 234 g/mol. The first-order valence-corrected chi connectivity index (χ1v) is 5.81. The van der Waals surface area contributed by atoms with E-state index in [1.54, 1.807) is 19.2 Å². The topological polar surface area (TPSA) is 64.3 Å². The predicted octanol–water partition coefficient (Wildman–Crippen LogP) is 1.16. The quantitative estimate of drug-likeness (QED) is 0.803. The lowest BCUT2D eigenvalue weighted by atomic mass is 10.1. The largest absolute Gasteiger partial charge is 0.497 e. The summed E-state index contributed by atoms with van der Waals surface area (Å²) < 4.78 is 5.08. The second-order valence-electron chi connectivity index (χ2n) is 4.62. The van der Waals surface area contributed by atoms with Gasteiger partial charge in [0.1, 0.15) is 5.75 Å². The SMILES string of the molecule is COc1cccc(C(=O)NCC2(CN)CC2)c1. The van der Waals surface area contributed by atoms with Crippen LogP contribution in [0.25, 0.3) is 0 Å². The van der Waals surface area contributed by atoms with E-state index in [4.69, 9.17) is 10.5 Å². The van der Waals surface area contributed by atoms with Gasteiger partial charge in [-0.1, -0.05) is 6.07 Å². The third-order valence-electron chi connectivity index (χ3n) is 3.35. The highest BCUT2D eigenvalue weighted by molar-refractivity contribution is 5.94. The van der Waals surface area contributed by atoms with Crippen molar-refractivity contribution in [2.75, 3.05) is 20.2 Å². The van der Waals surface area contributed by atoms with Crippen LogP contribution in [0.4, 0.5) is 0 Å². The molecule has 1 aromatic rings. The molecule has 92 valence electrons. The lowest BCUT2D eigenvalue weighted by molar-refractivity contribution is 0.0945. The molecule has 17 heavy (non-hydrogen) atoms. The third kappa shape index (κ3) is 2.77. The molecular formula is C13H18N2O2. The van der Waals surface area contributed by atoms with Crippen molar-refractivity contribution in [1.29, 1.82) is 0 Å². The van der Waals surface area contributed by atoms with Crippen molar-refractivity contribution >= 4 is 5.91 Å². The van der Waals surface area contributed by atoms with Crippen molar-refractivity contribution in [2.45, 2.75) is 12.8 Å². The molecule has 0 spiro atoms. The van der Waals surface area contributed by atoms with E-state index in [9.17, 15) is 4.79 Å². The first-order valence-electron chi connectivity index (χ1n) is 5.81. The second kappa shape index (κ2) is 4.75. The molecule has 4 nitrogen and oxygen atoms in total. The Kier molecular flexibility index (Phi) is 3.33. The van der Waals surface area contributed by atoms with Gasteiger partial charge in [0.05, 0.1) is 7.11 Å². The lowest BCUT2D eigenvalue weighted by Gasteiger charge is -2.13.